The highest BCUT2D eigenvalue weighted by atomic mass is 35.5. The van der Waals surface area contributed by atoms with Gasteiger partial charge in [-0.2, -0.15) is 0 Å². The molecule has 22 heavy (non-hydrogen) atoms. The van der Waals surface area contributed by atoms with Crippen LogP contribution in [0.1, 0.15) is 38.7 Å². The van der Waals surface area contributed by atoms with Crippen molar-refractivity contribution in [3.63, 3.8) is 0 Å². The number of carboxylic acid groups (broad SMARTS) is 1. The number of anilines is 1. The Labute approximate surface area is 136 Å². The third-order valence-electron chi connectivity index (χ3n) is 3.25. The number of carbonyl (C=O) groups excluding carboxylic acids is 1. The molecule has 0 saturated heterocycles. The van der Waals surface area contributed by atoms with Crippen molar-refractivity contribution in [2.45, 2.75) is 52.1 Å². The predicted octanol–water partition coefficient (Wildman–Crippen LogP) is 3.21. The second kappa shape index (κ2) is 8.76. The zero-order valence-corrected chi connectivity index (χ0v) is 13.9. The average molecular weight is 327 g/mol. The van der Waals surface area contributed by atoms with Gasteiger partial charge in [0.25, 0.3) is 0 Å². The van der Waals surface area contributed by atoms with Crippen molar-refractivity contribution < 1.29 is 14.7 Å². The molecule has 1 rings (SSSR count). The van der Waals surface area contributed by atoms with Gasteiger partial charge >= 0.3 is 5.97 Å². The number of rotatable bonds is 8. The fourth-order valence-electron chi connectivity index (χ4n) is 2.17. The van der Waals surface area contributed by atoms with Crippen LogP contribution in [0.15, 0.2) is 18.2 Å². The second-order valence-corrected chi connectivity index (χ2v) is 5.89. The highest BCUT2D eigenvalue weighted by Crippen LogP contribution is 2.22. The predicted molar refractivity (Wildman–Crippen MR) is 88.4 cm³/mol. The molecule has 122 valence electrons. The van der Waals surface area contributed by atoms with Crippen molar-refractivity contribution in [1.82, 2.24) is 5.32 Å². The van der Waals surface area contributed by atoms with Crippen LogP contribution >= 0.6 is 11.6 Å². The van der Waals surface area contributed by atoms with Crippen LogP contribution < -0.4 is 10.6 Å². The van der Waals surface area contributed by atoms with E-state index in [1.165, 1.54) is 0 Å². The number of amides is 1. The fourth-order valence-corrected chi connectivity index (χ4v) is 2.45. The third-order valence-corrected chi connectivity index (χ3v) is 3.56. The fraction of sp³-hybridized carbons (Fsp3) is 0.500. The summed E-state index contributed by atoms with van der Waals surface area (Å²) in [5.74, 6) is -1.10. The van der Waals surface area contributed by atoms with E-state index in [9.17, 15) is 9.59 Å². The minimum atomic E-state index is -0.893. The van der Waals surface area contributed by atoms with Crippen molar-refractivity contribution in [3.8, 4) is 0 Å². The Kier molecular flexibility index (Phi) is 7.35. The zero-order valence-electron chi connectivity index (χ0n) is 13.1. The summed E-state index contributed by atoms with van der Waals surface area (Å²) in [7, 11) is 0. The number of benzene rings is 1. The van der Waals surface area contributed by atoms with E-state index in [4.69, 9.17) is 16.7 Å². The highest BCUT2D eigenvalue weighted by Gasteiger charge is 2.20. The summed E-state index contributed by atoms with van der Waals surface area (Å²) in [5, 5.41) is 15.3. The lowest BCUT2D eigenvalue weighted by Gasteiger charge is -2.19. The first-order valence-electron chi connectivity index (χ1n) is 7.38. The maximum absolute atomic E-state index is 12.0. The number of aliphatic carboxylic acids is 1. The van der Waals surface area contributed by atoms with Gasteiger partial charge in [-0.1, -0.05) is 31.0 Å². The number of hydrogen-bond donors (Lipinski definition) is 3. The summed E-state index contributed by atoms with van der Waals surface area (Å²) in [5.41, 5.74) is 1.58. The molecule has 2 atom stereocenters. The van der Waals surface area contributed by atoms with Gasteiger partial charge in [0.15, 0.2) is 0 Å². The maximum Gasteiger partial charge on any atom is 0.320 e. The molecule has 0 saturated carbocycles. The zero-order chi connectivity index (χ0) is 16.7. The molecule has 0 fully saturated rings. The lowest BCUT2D eigenvalue weighted by molar-refractivity contribution is -0.140. The van der Waals surface area contributed by atoms with Gasteiger partial charge in [-0.15, -0.1) is 0 Å². The molecule has 0 spiro atoms. The van der Waals surface area contributed by atoms with Crippen LogP contribution in [0, 0.1) is 6.92 Å². The first-order chi connectivity index (χ1) is 10.3. The molecule has 3 N–H and O–H groups in total. The van der Waals surface area contributed by atoms with Crippen molar-refractivity contribution in [3.05, 3.63) is 28.8 Å². The van der Waals surface area contributed by atoms with Crippen LogP contribution in [0.4, 0.5) is 5.69 Å². The molecule has 0 radical (unpaired) electrons. The first-order valence-corrected chi connectivity index (χ1v) is 7.76. The number of halogens is 1. The molecule has 6 heteroatoms. The molecule has 0 heterocycles. The van der Waals surface area contributed by atoms with E-state index in [1.807, 2.05) is 19.9 Å². The van der Waals surface area contributed by atoms with Crippen molar-refractivity contribution in [2.75, 3.05) is 5.32 Å². The highest BCUT2D eigenvalue weighted by molar-refractivity contribution is 6.33. The molecule has 0 aliphatic heterocycles. The summed E-state index contributed by atoms with van der Waals surface area (Å²) in [6.45, 7) is 5.64. The summed E-state index contributed by atoms with van der Waals surface area (Å²) in [6, 6.07) is 4.53. The Morgan fingerprint density at radius 2 is 2.05 bits per heavy atom. The minimum Gasteiger partial charge on any atom is -0.480 e. The Morgan fingerprint density at radius 1 is 1.36 bits per heavy atom. The Balaban J connectivity index is 2.55. The van der Waals surface area contributed by atoms with E-state index in [1.54, 1.807) is 19.1 Å². The van der Waals surface area contributed by atoms with Crippen LogP contribution in [0.3, 0.4) is 0 Å². The van der Waals surface area contributed by atoms with Crippen LogP contribution in [0.5, 0.6) is 0 Å². The molecule has 1 aromatic rings. The van der Waals surface area contributed by atoms with E-state index in [2.05, 4.69) is 10.6 Å². The monoisotopic (exact) mass is 326 g/mol. The maximum atomic E-state index is 12.0. The summed E-state index contributed by atoms with van der Waals surface area (Å²) >= 11 is 6.07. The van der Waals surface area contributed by atoms with E-state index >= 15 is 0 Å². The molecule has 0 bridgehead atoms. The quantitative estimate of drug-likeness (QED) is 0.685. The van der Waals surface area contributed by atoms with Gasteiger partial charge in [-0.05, 0) is 38.0 Å². The van der Waals surface area contributed by atoms with E-state index < -0.39 is 12.0 Å². The van der Waals surface area contributed by atoms with Crippen molar-refractivity contribution in [2.24, 2.45) is 0 Å². The van der Waals surface area contributed by atoms with Crippen LogP contribution in [-0.2, 0) is 9.59 Å². The van der Waals surface area contributed by atoms with Gasteiger partial charge in [0.2, 0.25) is 5.91 Å². The third kappa shape index (κ3) is 6.03. The van der Waals surface area contributed by atoms with Crippen LogP contribution in [-0.4, -0.2) is 29.1 Å². The summed E-state index contributed by atoms with van der Waals surface area (Å²) in [6.07, 6.45) is 1.48. The van der Waals surface area contributed by atoms with Crippen LogP contribution in [0.2, 0.25) is 5.02 Å². The molecule has 0 aliphatic carbocycles. The number of carbonyl (C=O) groups is 2. The summed E-state index contributed by atoms with van der Waals surface area (Å²) in [4.78, 5) is 23.1. The lowest BCUT2D eigenvalue weighted by Crippen LogP contribution is -2.43. The van der Waals surface area contributed by atoms with Crippen LogP contribution in [0.25, 0.3) is 0 Å². The normalized spacial score (nSPS) is 13.5. The van der Waals surface area contributed by atoms with Gasteiger partial charge < -0.3 is 15.7 Å². The van der Waals surface area contributed by atoms with Gasteiger partial charge in [-0.25, -0.2) is 0 Å². The van der Waals surface area contributed by atoms with E-state index in [-0.39, 0.29) is 18.4 Å². The number of nitrogens with one attached hydrogen (secondary N) is 2. The first kappa shape index (κ1) is 18.5. The smallest absolute Gasteiger partial charge is 0.320 e. The summed E-state index contributed by atoms with van der Waals surface area (Å²) < 4.78 is 0. The molecule has 5 nitrogen and oxygen atoms in total. The largest absolute Gasteiger partial charge is 0.480 e. The topological polar surface area (TPSA) is 78.4 Å². The lowest BCUT2D eigenvalue weighted by atomic mass is 10.1. The van der Waals surface area contributed by atoms with Gasteiger partial charge in [0.1, 0.15) is 6.04 Å². The van der Waals surface area contributed by atoms with Crippen molar-refractivity contribution in [1.29, 1.82) is 0 Å². The SMILES string of the molecule is CCCC(NC(C)CC(=O)Nc1ccc(C)cc1Cl)C(=O)O. The van der Waals surface area contributed by atoms with Gasteiger partial charge in [0.05, 0.1) is 10.7 Å². The Morgan fingerprint density at radius 3 is 2.59 bits per heavy atom. The Hall–Kier alpha value is -1.59. The van der Waals surface area contributed by atoms with Gasteiger partial charge in [0, 0.05) is 12.5 Å². The van der Waals surface area contributed by atoms with E-state index in [0.29, 0.717) is 17.1 Å². The van der Waals surface area contributed by atoms with Crippen molar-refractivity contribution >= 4 is 29.2 Å². The number of hydrogen-bond acceptors (Lipinski definition) is 3. The molecule has 0 aromatic heterocycles. The minimum absolute atomic E-state index is 0.178. The average Bonchev–Trinajstić information content (AvgIpc) is 2.41. The standard InChI is InChI=1S/C16H23ClN2O3/c1-4-5-14(16(21)22)18-11(3)9-15(20)19-13-7-6-10(2)8-12(13)17/h6-8,11,14,18H,4-5,9H2,1-3H3,(H,19,20)(H,21,22). The van der Waals surface area contributed by atoms with Gasteiger partial charge in [-0.3, -0.25) is 9.59 Å². The molecule has 1 amide bonds. The molecule has 0 aliphatic rings. The Bertz CT molecular complexity index is 534. The van der Waals surface area contributed by atoms with E-state index in [0.717, 1.165) is 12.0 Å². The number of aryl methyl sites for hydroxylation is 1. The second-order valence-electron chi connectivity index (χ2n) is 5.48. The molecular weight excluding hydrogens is 304 g/mol. The molecule has 2 unspecified atom stereocenters. The number of carboxylic acids is 1. The molecule has 1 aromatic carbocycles. The molecular formula is C16H23ClN2O3.